The molecule has 0 saturated heterocycles. The normalized spacial score (nSPS) is 16.4. The number of carbonyl (C=O) groups is 2. The third kappa shape index (κ3) is 4.56. The van der Waals surface area contributed by atoms with Crippen molar-refractivity contribution in [1.29, 1.82) is 0 Å². The number of rotatable bonds is 6. The summed E-state index contributed by atoms with van der Waals surface area (Å²) in [7, 11) is 1.87. The maximum atomic E-state index is 13.3. The van der Waals surface area contributed by atoms with E-state index in [1.54, 1.807) is 12.1 Å². The molecule has 0 unspecified atom stereocenters. The first-order valence-corrected chi connectivity index (χ1v) is 11.9. The molecule has 2 aliphatic carbocycles. The van der Waals surface area contributed by atoms with Crippen molar-refractivity contribution in [2.45, 2.75) is 56.9 Å². The first-order chi connectivity index (χ1) is 16.1. The van der Waals surface area contributed by atoms with Crippen LogP contribution in [0.4, 0.5) is 5.69 Å². The van der Waals surface area contributed by atoms with Gasteiger partial charge >= 0.3 is 0 Å². The van der Waals surface area contributed by atoms with Crippen LogP contribution in [0.2, 0.25) is 0 Å². The van der Waals surface area contributed by atoms with E-state index in [0.717, 1.165) is 44.1 Å². The number of hydrogen-bond acceptors (Lipinski definition) is 4. The van der Waals surface area contributed by atoms with E-state index in [0.29, 0.717) is 28.6 Å². The van der Waals surface area contributed by atoms with E-state index in [2.05, 4.69) is 10.3 Å². The van der Waals surface area contributed by atoms with Gasteiger partial charge in [0.15, 0.2) is 5.69 Å². The Balaban J connectivity index is 1.40. The molecule has 6 nitrogen and oxygen atoms in total. The zero-order valence-corrected chi connectivity index (χ0v) is 18.9. The van der Waals surface area contributed by atoms with E-state index in [-0.39, 0.29) is 23.8 Å². The van der Waals surface area contributed by atoms with Crippen molar-refractivity contribution in [2.24, 2.45) is 0 Å². The molecule has 2 fully saturated rings. The fourth-order valence-corrected chi connectivity index (χ4v) is 4.61. The van der Waals surface area contributed by atoms with Crippen molar-refractivity contribution in [3.8, 4) is 11.5 Å². The van der Waals surface area contributed by atoms with Crippen molar-refractivity contribution in [2.75, 3.05) is 12.4 Å². The first kappa shape index (κ1) is 21.4. The minimum Gasteiger partial charge on any atom is -0.440 e. The number of aromatic nitrogens is 1. The lowest BCUT2D eigenvalue weighted by Gasteiger charge is -2.31. The molecule has 1 heterocycles. The Hall–Kier alpha value is -3.41. The lowest BCUT2D eigenvalue weighted by Crippen LogP contribution is -2.38. The van der Waals surface area contributed by atoms with Gasteiger partial charge in [0.2, 0.25) is 5.89 Å². The van der Waals surface area contributed by atoms with Crippen molar-refractivity contribution >= 4 is 17.5 Å². The number of para-hydroxylation sites is 1. The minimum atomic E-state index is -0.344. The van der Waals surface area contributed by atoms with Gasteiger partial charge in [0.25, 0.3) is 11.8 Å². The smallest absolute Gasteiger partial charge is 0.277 e. The van der Waals surface area contributed by atoms with Crippen LogP contribution >= 0.6 is 0 Å². The number of nitrogens with zero attached hydrogens (tertiary/aromatic N) is 2. The first-order valence-electron chi connectivity index (χ1n) is 11.9. The average Bonchev–Trinajstić information content (AvgIpc) is 3.62. The summed E-state index contributed by atoms with van der Waals surface area (Å²) in [5, 5.41) is 2.94. The van der Waals surface area contributed by atoms with Crippen LogP contribution in [0.1, 0.15) is 77.5 Å². The van der Waals surface area contributed by atoms with Gasteiger partial charge in [0, 0.05) is 24.6 Å². The molecule has 3 aromatic rings. The highest BCUT2D eigenvalue weighted by molar-refractivity contribution is 6.08. The molecule has 0 bridgehead atoms. The summed E-state index contributed by atoms with van der Waals surface area (Å²) in [5.74, 6) is 0.900. The molecule has 2 amide bonds. The number of oxazole rings is 1. The van der Waals surface area contributed by atoms with Gasteiger partial charge in [0.1, 0.15) is 5.76 Å². The number of hydrogen-bond donors (Lipinski definition) is 1. The summed E-state index contributed by atoms with van der Waals surface area (Å²) >= 11 is 0. The zero-order valence-electron chi connectivity index (χ0n) is 18.9. The average molecular weight is 444 g/mol. The lowest BCUT2D eigenvalue weighted by atomic mass is 9.94. The monoisotopic (exact) mass is 443 g/mol. The van der Waals surface area contributed by atoms with Crippen LogP contribution in [0.15, 0.2) is 59.0 Å². The van der Waals surface area contributed by atoms with E-state index >= 15 is 0 Å². The van der Waals surface area contributed by atoms with Crippen molar-refractivity contribution in [3.05, 3.63) is 71.6 Å². The Morgan fingerprint density at radius 3 is 2.36 bits per heavy atom. The van der Waals surface area contributed by atoms with Crippen LogP contribution in [-0.4, -0.2) is 34.8 Å². The Morgan fingerprint density at radius 2 is 1.64 bits per heavy atom. The zero-order chi connectivity index (χ0) is 22.8. The number of anilines is 1. The third-order valence-corrected chi connectivity index (χ3v) is 6.69. The van der Waals surface area contributed by atoms with Gasteiger partial charge in [-0.1, -0.05) is 49.6 Å². The molecule has 0 radical (unpaired) electrons. The highest BCUT2D eigenvalue weighted by Gasteiger charge is 2.34. The van der Waals surface area contributed by atoms with E-state index in [9.17, 15) is 9.59 Å². The number of nitrogens with one attached hydrogen (secondary N) is 1. The molecule has 1 aromatic heterocycles. The Bertz CT molecular complexity index is 1140. The standard InChI is InChI=1S/C27H29N3O3/c1-30(20-12-6-3-7-13-20)27(32)21-14-8-9-15-22(21)28-25(31)23-24(18-16-17-18)33-26(29-23)19-10-4-2-5-11-19/h2,4-5,8-11,14-15,18,20H,3,6-7,12-13,16-17H2,1H3,(H,28,31). The highest BCUT2D eigenvalue weighted by Crippen LogP contribution is 2.43. The summed E-state index contributed by atoms with van der Waals surface area (Å²) in [6.07, 6.45) is 7.58. The molecule has 2 aromatic carbocycles. The summed E-state index contributed by atoms with van der Waals surface area (Å²) in [6, 6.07) is 17.1. The van der Waals surface area contributed by atoms with Crippen LogP contribution in [0.25, 0.3) is 11.5 Å². The Morgan fingerprint density at radius 1 is 0.939 bits per heavy atom. The van der Waals surface area contributed by atoms with Gasteiger partial charge < -0.3 is 14.6 Å². The van der Waals surface area contributed by atoms with E-state index in [1.165, 1.54) is 6.42 Å². The molecule has 6 heteroatoms. The molecule has 1 N–H and O–H groups in total. The molecule has 0 atom stereocenters. The molecule has 0 aliphatic heterocycles. The van der Waals surface area contributed by atoms with Gasteiger partial charge in [-0.3, -0.25) is 9.59 Å². The molecule has 170 valence electrons. The SMILES string of the molecule is CN(C(=O)c1ccccc1NC(=O)c1nc(-c2ccccc2)oc1C1CC1)C1CCCCC1. The van der Waals surface area contributed by atoms with E-state index in [4.69, 9.17) is 4.42 Å². The van der Waals surface area contributed by atoms with Crippen LogP contribution in [-0.2, 0) is 0 Å². The fourth-order valence-electron chi connectivity index (χ4n) is 4.61. The van der Waals surface area contributed by atoms with E-state index < -0.39 is 0 Å². The summed E-state index contributed by atoms with van der Waals surface area (Å²) in [6.45, 7) is 0. The van der Waals surface area contributed by atoms with Gasteiger partial charge in [-0.15, -0.1) is 0 Å². The van der Waals surface area contributed by atoms with Crippen molar-refractivity contribution in [3.63, 3.8) is 0 Å². The molecule has 2 saturated carbocycles. The predicted octanol–water partition coefficient (Wildman–Crippen LogP) is 5.88. The van der Waals surface area contributed by atoms with Gasteiger partial charge in [-0.2, -0.15) is 0 Å². The maximum Gasteiger partial charge on any atom is 0.277 e. The second kappa shape index (κ2) is 9.22. The predicted molar refractivity (Wildman–Crippen MR) is 127 cm³/mol. The van der Waals surface area contributed by atoms with Crippen molar-refractivity contribution in [1.82, 2.24) is 9.88 Å². The number of amides is 2. The van der Waals surface area contributed by atoms with Gasteiger partial charge in [0.05, 0.1) is 11.3 Å². The largest absolute Gasteiger partial charge is 0.440 e. The fraction of sp³-hybridized carbons (Fsp3) is 0.370. The van der Waals surface area contributed by atoms with Gasteiger partial charge in [-0.05, 0) is 49.9 Å². The van der Waals surface area contributed by atoms with Crippen LogP contribution in [0.5, 0.6) is 0 Å². The van der Waals surface area contributed by atoms with Gasteiger partial charge in [-0.25, -0.2) is 4.98 Å². The molecule has 2 aliphatic rings. The number of benzene rings is 2. The summed E-state index contributed by atoms with van der Waals surface area (Å²) < 4.78 is 6.03. The Kier molecular flexibility index (Phi) is 5.99. The van der Waals surface area contributed by atoms with Crippen molar-refractivity contribution < 1.29 is 14.0 Å². The molecular formula is C27H29N3O3. The van der Waals surface area contributed by atoms with E-state index in [1.807, 2.05) is 54.4 Å². The van der Waals surface area contributed by atoms with Crippen LogP contribution in [0.3, 0.4) is 0 Å². The quantitative estimate of drug-likeness (QED) is 0.516. The second-order valence-corrected chi connectivity index (χ2v) is 9.08. The Labute approximate surface area is 194 Å². The molecule has 0 spiro atoms. The molecule has 33 heavy (non-hydrogen) atoms. The lowest BCUT2D eigenvalue weighted by molar-refractivity contribution is 0.0697. The van der Waals surface area contributed by atoms with Crippen LogP contribution in [0, 0.1) is 0 Å². The number of carbonyl (C=O) groups excluding carboxylic acids is 2. The molecule has 5 rings (SSSR count). The van der Waals surface area contributed by atoms with Crippen LogP contribution < -0.4 is 5.32 Å². The molecular weight excluding hydrogens is 414 g/mol. The minimum absolute atomic E-state index is 0.0645. The maximum absolute atomic E-state index is 13.3. The topological polar surface area (TPSA) is 75.4 Å². The summed E-state index contributed by atoms with van der Waals surface area (Å²) in [4.78, 5) is 33.0. The third-order valence-electron chi connectivity index (χ3n) is 6.69. The summed E-state index contributed by atoms with van der Waals surface area (Å²) in [5.41, 5.74) is 2.14. The highest BCUT2D eigenvalue weighted by atomic mass is 16.4. The second-order valence-electron chi connectivity index (χ2n) is 9.08.